The third-order valence-electron chi connectivity index (χ3n) is 2.51. The Morgan fingerprint density at radius 1 is 1.40 bits per heavy atom. The van der Waals surface area contributed by atoms with Crippen molar-refractivity contribution >= 4 is 28.8 Å². The van der Waals surface area contributed by atoms with Gasteiger partial charge in [-0.1, -0.05) is 11.6 Å². The van der Waals surface area contributed by atoms with Crippen LogP contribution < -0.4 is 10.1 Å². The molecule has 0 atom stereocenters. The van der Waals surface area contributed by atoms with E-state index in [2.05, 4.69) is 10.3 Å². The minimum Gasteiger partial charge on any atom is -0.492 e. The van der Waals surface area contributed by atoms with Crippen molar-refractivity contribution in [2.45, 2.75) is 13.3 Å². The van der Waals surface area contributed by atoms with Gasteiger partial charge in [-0.2, -0.15) is 0 Å². The molecule has 20 heavy (non-hydrogen) atoms. The Balaban J connectivity index is 1.65. The van der Waals surface area contributed by atoms with Crippen LogP contribution in [0.1, 0.15) is 10.7 Å². The van der Waals surface area contributed by atoms with Gasteiger partial charge in [0, 0.05) is 10.4 Å². The summed E-state index contributed by atoms with van der Waals surface area (Å²) in [6.07, 6.45) is 0.311. The summed E-state index contributed by atoms with van der Waals surface area (Å²) in [5, 5.41) is 6.34. The first kappa shape index (κ1) is 14.8. The number of carbonyl (C=O) groups is 1. The fourth-order valence-electron chi connectivity index (χ4n) is 1.61. The Labute approximate surface area is 126 Å². The van der Waals surface area contributed by atoms with Gasteiger partial charge < -0.3 is 10.1 Å². The molecule has 0 saturated carbocycles. The summed E-state index contributed by atoms with van der Waals surface area (Å²) < 4.78 is 5.48. The molecule has 0 aliphatic carbocycles. The van der Waals surface area contributed by atoms with Crippen LogP contribution in [-0.4, -0.2) is 24.0 Å². The third kappa shape index (κ3) is 4.83. The maximum absolute atomic E-state index is 11.7. The molecule has 6 heteroatoms. The number of rotatable bonds is 6. The number of nitrogens with zero attached hydrogens (tertiary/aromatic N) is 1. The molecule has 0 saturated heterocycles. The summed E-state index contributed by atoms with van der Waals surface area (Å²) in [6, 6.07) is 7.12. The molecule has 2 rings (SSSR count). The number of amides is 1. The van der Waals surface area contributed by atoms with E-state index in [4.69, 9.17) is 16.3 Å². The predicted molar refractivity (Wildman–Crippen MR) is 80.5 cm³/mol. The smallest absolute Gasteiger partial charge is 0.226 e. The molecule has 0 spiro atoms. The van der Waals surface area contributed by atoms with Crippen molar-refractivity contribution in [3.63, 3.8) is 0 Å². The Kier molecular flexibility index (Phi) is 5.38. The molecule has 1 heterocycles. The van der Waals surface area contributed by atoms with Crippen LogP contribution in [0.5, 0.6) is 5.75 Å². The van der Waals surface area contributed by atoms with Gasteiger partial charge in [0.05, 0.1) is 23.7 Å². The van der Waals surface area contributed by atoms with E-state index in [0.29, 0.717) is 24.6 Å². The molecular formula is C14H15ClN2O2S. The van der Waals surface area contributed by atoms with Gasteiger partial charge in [0.15, 0.2) is 0 Å². The zero-order chi connectivity index (χ0) is 14.4. The highest BCUT2D eigenvalue weighted by Gasteiger charge is 2.05. The first-order valence-corrected chi connectivity index (χ1v) is 7.45. The molecule has 2 aromatic rings. The van der Waals surface area contributed by atoms with E-state index in [0.717, 1.165) is 16.5 Å². The van der Waals surface area contributed by atoms with E-state index in [9.17, 15) is 4.79 Å². The lowest BCUT2D eigenvalue weighted by Crippen LogP contribution is -2.29. The summed E-state index contributed by atoms with van der Waals surface area (Å²) in [6.45, 7) is 2.81. The average Bonchev–Trinajstić information content (AvgIpc) is 2.82. The van der Waals surface area contributed by atoms with E-state index in [1.54, 1.807) is 35.6 Å². The molecule has 0 aliphatic rings. The molecule has 0 unspecified atom stereocenters. The van der Waals surface area contributed by atoms with Gasteiger partial charge in [0.2, 0.25) is 5.91 Å². The molecule has 1 aromatic heterocycles. The summed E-state index contributed by atoms with van der Waals surface area (Å²) in [5.41, 5.74) is 0.809. The molecule has 1 aromatic carbocycles. The van der Waals surface area contributed by atoms with E-state index in [-0.39, 0.29) is 5.91 Å². The van der Waals surface area contributed by atoms with Gasteiger partial charge in [0.1, 0.15) is 12.4 Å². The zero-order valence-corrected chi connectivity index (χ0v) is 12.6. The molecule has 4 nitrogen and oxygen atoms in total. The quantitative estimate of drug-likeness (QED) is 0.835. The SMILES string of the molecule is Cc1nc(CC(=O)NCCOc2ccc(Cl)cc2)cs1. The van der Waals surface area contributed by atoms with Crippen molar-refractivity contribution in [1.82, 2.24) is 10.3 Å². The van der Waals surface area contributed by atoms with Crippen LogP contribution >= 0.6 is 22.9 Å². The number of carbonyl (C=O) groups excluding carboxylic acids is 1. The lowest BCUT2D eigenvalue weighted by Gasteiger charge is -2.07. The standard InChI is InChI=1S/C14H15ClN2O2S/c1-10-17-12(9-20-10)8-14(18)16-6-7-19-13-4-2-11(15)3-5-13/h2-5,9H,6-8H2,1H3,(H,16,18). The van der Waals surface area contributed by atoms with Crippen LogP contribution in [0.15, 0.2) is 29.6 Å². The minimum atomic E-state index is -0.0463. The van der Waals surface area contributed by atoms with E-state index >= 15 is 0 Å². The second-order valence-corrected chi connectivity index (χ2v) is 5.69. The maximum Gasteiger partial charge on any atom is 0.226 e. The molecule has 106 valence electrons. The van der Waals surface area contributed by atoms with Crippen molar-refractivity contribution in [3.8, 4) is 5.75 Å². The van der Waals surface area contributed by atoms with Gasteiger partial charge in [-0.15, -0.1) is 11.3 Å². The highest BCUT2D eigenvalue weighted by Crippen LogP contribution is 2.15. The molecule has 0 radical (unpaired) electrons. The Hall–Kier alpha value is -1.59. The number of aryl methyl sites for hydroxylation is 1. The Morgan fingerprint density at radius 3 is 2.80 bits per heavy atom. The lowest BCUT2D eigenvalue weighted by atomic mass is 10.3. The first-order valence-electron chi connectivity index (χ1n) is 6.19. The fourth-order valence-corrected chi connectivity index (χ4v) is 2.35. The van der Waals surface area contributed by atoms with Gasteiger partial charge in [-0.3, -0.25) is 4.79 Å². The van der Waals surface area contributed by atoms with E-state index in [1.807, 2.05) is 12.3 Å². The number of thiazole rings is 1. The second-order valence-electron chi connectivity index (χ2n) is 4.19. The van der Waals surface area contributed by atoms with Crippen molar-refractivity contribution in [1.29, 1.82) is 0 Å². The number of nitrogens with one attached hydrogen (secondary N) is 1. The van der Waals surface area contributed by atoms with Crippen molar-refractivity contribution in [3.05, 3.63) is 45.4 Å². The van der Waals surface area contributed by atoms with Crippen LogP contribution in [0, 0.1) is 6.92 Å². The largest absolute Gasteiger partial charge is 0.492 e. The van der Waals surface area contributed by atoms with Crippen LogP contribution in [0.3, 0.4) is 0 Å². The molecule has 1 amide bonds. The summed E-state index contributed by atoms with van der Waals surface area (Å²) in [5.74, 6) is 0.689. The van der Waals surface area contributed by atoms with Crippen molar-refractivity contribution < 1.29 is 9.53 Å². The number of halogens is 1. The maximum atomic E-state index is 11.7. The van der Waals surface area contributed by atoms with E-state index < -0.39 is 0 Å². The van der Waals surface area contributed by atoms with Crippen LogP contribution in [0.25, 0.3) is 0 Å². The number of benzene rings is 1. The highest BCUT2D eigenvalue weighted by molar-refractivity contribution is 7.09. The van der Waals surface area contributed by atoms with Crippen molar-refractivity contribution in [2.24, 2.45) is 0 Å². The average molecular weight is 311 g/mol. The fraction of sp³-hybridized carbons (Fsp3) is 0.286. The summed E-state index contributed by atoms with van der Waals surface area (Å²) >= 11 is 7.32. The van der Waals surface area contributed by atoms with Crippen molar-refractivity contribution in [2.75, 3.05) is 13.2 Å². The first-order chi connectivity index (χ1) is 9.63. The lowest BCUT2D eigenvalue weighted by molar-refractivity contribution is -0.120. The molecule has 0 fully saturated rings. The second kappa shape index (κ2) is 7.26. The van der Waals surface area contributed by atoms with Gasteiger partial charge in [-0.25, -0.2) is 4.98 Å². The topological polar surface area (TPSA) is 51.2 Å². The molecule has 0 aliphatic heterocycles. The van der Waals surface area contributed by atoms with Gasteiger partial charge >= 0.3 is 0 Å². The zero-order valence-electron chi connectivity index (χ0n) is 11.1. The molecule has 0 bridgehead atoms. The predicted octanol–water partition coefficient (Wildman–Crippen LogP) is 2.84. The Bertz CT molecular complexity index is 569. The number of ether oxygens (including phenoxy) is 1. The minimum absolute atomic E-state index is 0.0463. The Morgan fingerprint density at radius 2 is 2.15 bits per heavy atom. The molecule has 1 N–H and O–H groups in total. The summed E-state index contributed by atoms with van der Waals surface area (Å²) in [4.78, 5) is 15.9. The van der Waals surface area contributed by atoms with Crippen LogP contribution in [-0.2, 0) is 11.2 Å². The number of hydrogen-bond acceptors (Lipinski definition) is 4. The van der Waals surface area contributed by atoms with Crippen LogP contribution in [0.2, 0.25) is 5.02 Å². The number of hydrogen-bond donors (Lipinski definition) is 1. The monoisotopic (exact) mass is 310 g/mol. The normalized spacial score (nSPS) is 10.3. The molecular weight excluding hydrogens is 296 g/mol. The van der Waals surface area contributed by atoms with E-state index in [1.165, 1.54) is 0 Å². The van der Waals surface area contributed by atoms with Gasteiger partial charge in [-0.05, 0) is 31.2 Å². The highest BCUT2D eigenvalue weighted by atomic mass is 35.5. The van der Waals surface area contributed by atoms with Crippen LogP contribution in [0.4, 0.5) is 0 Å². The number of aromatic nitrogens is 1. The summed E-state index contributed by atoms with van der Waals surface area (Å²) in [7, 11) is 0. The third-order valence-corrected chi connectivity index (χ3v) is 3.59. The van der Waals surface area contributed by atoms with Gasteiger partial charge in [0.25, 0.3) is 0 Å².